The summed E-state index contributed by atoms with van der Waals surface area (Å²) in [6, 6.07) is 10.8. The predicted molar refractivity (Wildman–Crippen MR) is 141 cm³/mol. The minimum absolute atomic E-state index is 0.218. The number of rotatable bonds is 11. The molecule has 9 heteroatoms. The first kappa shape index (κ1) is 26.6. The Morgan fingerprint density at radius 2 is 1.49 bits per heavy atom. The average molecular weight is 562 g/mol. The quantitative estimate of drug-likeness (QED) is 0.259. The predicted octanol–water partition coefficient (Wildman–Crippen LogP) is 6.80. The summed E-state index contributed by atoms with van der Waals surface area (Å²) in [7, 11) is 0. The highest BCUT2D eigenvalue weighted by atomic mass is 79.9. The van der Waals surface area contributed by atoms with E-state index in [-0.39, 0.29) is 6.61 Å². The molecule has 3 aromatic rings. The van der Waals surface area contributed by atoms with Crippen LogP contribution < -0.4 is 19.5 Å². The van der Waals surface area contributed by atoms with Crippen molar-refractivity contribution in [2.45, 2.75) is 27.7 Å². The summed E-state index contributed by atoms with van der Waals surface area (Å²) in [5, 5.41) is 5.11. The normalized spacial score (nSPS) is 10.5. The third kappa shape index (κ3) is 6.35. The molecular weight excluding hydrogens is 534 g/mol. The molecule has 2 aromatic carbocycles. The zero-order valence-electron chi connectivity index (χ0n) is 20.1. The van der Waals surface area contributed by atoms with E-state index in [2.05, 4.69) is 21.2 Å². The Hall–Kier alpha value is -3.04. The van der Waals surface area contributed by atoms with Crippen LogP contribution in [-0.4, -0.2) is 38.3 Å². The van der Waals surface area contributed by atoms with Crippen LogP contribution in [0.25, 0.3) is 11.1 Å². The minimum Gasteiger partial charge on any atom is -0.490 e. The van der Waals surface area contributed by atoms with Crippen LogP contribution in [-0.2, 0) is 4.74 Å². The zero-order valence-corrected chi connectivity index (χ0v) is 22.5. The molecule has 0 unspecified atom stereocenters. The fraction of sp³-hybridized carbons (Fsp3) is 0.308. The molecule has 1 N–H and O–H groups in total. The summed E-state index contributed by atoms with van der Waals surface area (Å²) in [6.07, 6.45) is 0. The van der Waals surface area contributed by atoms with E-state index in [0.29, 0.717) is 58.8 Å². The summed E-state index contributed by atoms with van der Waals surface area (Å²) < 4.78 is 23.4. The van der Waals surface area contributed by atoms with Crippen LogP contribution in [0, 0.1) is 0 Å². The van der Waals surface area contributed by atoms with Gasteiger partial charge in [0.2, 0.25) is 5.75 Å². The van der Waals surface area contributed by atoms with Crippen molar-refractivity contribution >= 4 is 44.1 Å². The van der Waals surface area contributed by atoms with E-state index < -0.39 is 11.9 Å². The minimum atomic E-state index is -0.501. The molecule has 0 atom stereocenters. The SMILES string of the molecule is CCOC(=O)c1c(-c2ccc(Br)cc2)csc1NC(=O)c1cc(OCC)c(OCC)c(OCC)c1. The van der Waals surface area contributed by atoms with Gasteiger partial charge in [0, 0.05) is 21.0 Å². The van der Waals surface area contributed by atoms with Crippen molar-refractivity contribution in [3.63, 3.8) is 0 Å². The molecule has 0 bridgehead atoms. The second-order valence-electron chi connectivity index (χ2n) is 7.14. The number of ether oxygens (including phenoxy) is 4. The maximum atomic E-state index is 13.3. The van der Waals surface area contributed by atoms with E-state index in [9.17, 15) is 9.59 Å². The number of esters is 1. The number of thiophene rings is 1. The average Bonchev–Trinajstić information content (AvgIpc) is 3.25. The topological polar surface area (TPSA) is 83.1 Å². The number of benzene rings is 2. The molecule has 0 saturated carbocycles. The lowest BCUT2D eigenvalue weighted by Gasteiger charge is -2.17. The Bertz CT molecular complexity index is 1150. The first-order valence-corrected chi connectivity index (χ1v) is 13.0. The van der Waals surface area contributed by atoms with E-state index in [1.165, 1.54) is 11.3 Å². The second-order valence-corrected chi connectivity index (χ2v) is 8.93. The smallest absolute Gasteiger partial charge is 0.341 e. The van der Waals surface area contributed by atoms with Crippen molar-refractivity contribution in [1.82, 2.24) is 0 Å². The maximum absolute atomic E-state index is 13.3. The Balaban J connectivity index is 2.01. The number of carbonyl (C=O) groups excluding carboxylic acids is 2. The lowest BCUT2D eigenvalue weighted by Crippen LogP contribution is -2.15. The highest BCUT2D eigenvalue weighted by Crippen LogP contribution is 2.40. The van der Waals surface area contributed by atoms with Crippen LogP contribution in [0.1, 0.15) is 48.4 Å². The van der Waals surface area contributed by atoms with Crippen molar-refractivity contribution in [2.75, 3.05) is 31.7 Å². The summed E-state index contributed by atoms with van der Waals surface area (Å²) in [6.45, 7) is 8.73. The van der Waals surface area contributed by atoms with Gasteiger partial charge in [0.15, 0.2) is 11.5 Å². The Labute approximate surface area is 217 Å². The van der Waals surface area contributed by atoms with Gasteiger partial charge in [-0.2, -0.15) is 0 Å². The molecule has 1 aromatic heterocycles. The largest absolute Gasteiger partial charge is 0.490 e. The van der Waals surface area contributed by atoms with Crippen molar-refractivity contribution in [3.8, 4) is 28.4 Å². The number of anilines is 1. The van der Waals surface area contributed by atoms with E-state index in [1.807, 2.05) is 50.4 Å². The number of nitrogens with one attached hydrogen (secondary N) is 1. The van der Waals surface area contributed by atoms with Crippen molar-refractivity contribution in [2.24, 2.45) is 0 Å². The van der Waals surface area contributed by atoms with Gasteiger partial charge in [-0.15, -0.1) is 11.3 Å². The van der Waals surface area contributed by atoms with E-state index in [4.69, 9.17) is 18.9 Å². The first-order valence-electron chi connectivity index (χ1n) is 11.4. The maximum Gasteiger partial charge on any atom is 0.341 e. The third-order valence-corrected chi connectivity index (χ3v) is 6.25. The molecule has 1 amide bonds. The summed E-state index contributed by atoms with van der Waals surface area (Å²) in [5.41, 5.74) is 2.15. The van der Waals surface area contributed by atoms with E-state index >= 15 is 0 Å². The molecule has 186 valence electrons. The van der Waals surface area contributed by atoms with Gasteiger partial charge in [0.05, 0.1) is 26.4 Å². The van der Waals surface area contributed by atoms with Crippen LogP contribution in [0.3, 0.4) is 0 Å². The summed E-state index contributed by atoms with van der Waals surface area (Å²) >= 11 is 4.69. The van der Waals surface area contributed by atoms with Gasteiger partial charge in [0.25, 0.3) is 5.91 Å². The fourth-order valence-electron chi connectivity index (χ4n) is 3.39. The number of amides is 1. The van der Waals surface area contributed by atoms with Crippen molar-refractivity contribution in [1.29, 1.82) is 0 Å². The highest BCUT2D eigenvalue weighted by molar-refractivity contribution is 9.10. The summed E-state index contributed by atoms with van der Waals surface area (Å²) in [4.78, 5) is 26.2. The van der Waals surface area contributed by atoms with E-state index in [0.717, 1.165) is 10.0 Å². The number of hydrogen-bond acceptors (Lipinski definition) is 7. The van der Waals surface area contributed by atoms with Crippen LogP contribution in [0.15, 0.2) is 46.3 Å². The molecule has 3 rings (SSSR count). The van der Waals surface area contributed by atoms with Crippen molar-refractivity contribution < 1.29 is 28.5 Å². The molecule has 0 aliphatic carbocycles. The number of halogens is 1. The van der Waals surface area contributed by atoms with Gasteiger partial charge >= 0.3 is 5.97 Å². The fourth-order valence-corrected chi connectivity index (χ4v) is 4.61. The first-order chi connectivity index (χ1) is 16.9. The van der Waals surface area contributed by atoms with Crippen LogP contribution in [0.5, 0.6) is 17.2 Å². The van der Waals surface area contributed by atoms with Crippen LogP contribution >= 0.6 is 27.3 Å². The molecule has 0 saturated heterocycles. The Morgan fingerprint density at radius 3 is 2.03 bits per heavy atom. The number of carbonyl (C=O) groups is 2. The van der Waals surface area contributed by atoms with Crippen molar-refractivity contribution in [3.05, 3.63) is 57.4 Å². The summed E-state index contributed by atoms with van der Waals surface area (Å²) in [5.74, 6) is 0.368. The van der Waals surface area contributed by atoms with Gasteiger partial charge in [-0.3, -0.25) is 4.79 Å². The molecule has 7 nitrogen and oxygen atoms in total. The van der Waals surface area contributed by atoms with Crippen LogP contribution in [0.4, 0.5) is 5.00 Å². The zero-order chi connectivity index (χ0) is 25.4. The molecule has 0 spiro atoms. The monoisotopic (exact) mass is 561 g/mol. The standard InChI is InChI=1S/C26H28BrNO6S/c1-5-31-20-13-17(14-21(32-6-2)23(20)33-7-3)24(29)28-25-22(26(30)34-8-4)19(15-35-25)16-9-11-18(27)12-10-16/h9-15H,5-8H2,1-4H3,(H,28,29). The Kier molecular flexibility index (Phi) is 9.56. The molecular formula is C26H28BrNO6S. The number of hydrogen-bond donors (Lipinski definition) is 1. The lowest BCUT2D eigenvalue weighted by molar-refractivity contribution is 0.0529. The molecule has 35 heavy (non-hydrogen) atoms. The van der Waals surface area contributed by atoms with Crippen LogP contribution in [0.2, 0.25) is 0 Å². The second kappa shape index (κ2) is 12.6. The van der Waals surface area contributed by atoms with E-state index in [1.54, 1.807) is 19.1 Å². The molecule has 1 heterocycles. The highest BCUT2D eigenvalue weighted by Gasteiger charge is 2.24. The van der Waals surface area contributed by atoms with Gasteiger partial charge in [-0.05, 0) is 57.5 Å². The van der Waals surface area contributed by atoms with Gasteiger partial charge in [-0.25, -0.2) is 4.79 Å². The molecule has 0 radical (unpaired) electrons. The van der Waals surface area contributed by atoms with Gasteiger partial charge in [-0.1, -0.05) is 28.1 Å². The molecule has 0 aliphatic rings. The molecule has 0 aliphatic heterocycles. The molecule has 0 fully saturated rings. The third-order valence-electron chi connectivity index (χ3n) is 4.82. The van der Waals surface area contributed by atoms with Gasteiger partial charge in [0.1, 0.15) is 10.6 Å². The van der Waals surface area contributed by atoms with Gasteiger partial charge < -0.3 is 24.3 Å². The Morgan fingerprint density at radius 1 is 0.886 bits per heavy atom. The lowest BCUT2D eigenvalue weighted by atomic mass is 10.0.